The van der Waals surface area contributed by atoms with Crippen molar-refractivity contribution in [3.8, 4) is 0 Å². The summed E-state index contributed by atoms with van der Waals surface area (Å²) in [5, 5.41) is 0. The molecule has 0 bridgehead atoms. The second-order valence-corrected chi connectivity index (χ2v) is 6.47. The van der Waals surface area contributed by atoms with Crippen LogP contribution in [0.3, 0.4) is 0 Å². The molecule has 0 amide bonds. The summed E-state index contributed by atoms with van der Waals surface area (Å²) >= 11 is 0. The van der Waals surface area contributed by atoms with Crippen LogP contribution in [0.4, 0.5) is 0 Å². The first-order chi connectivity index (χ1) is 11.2. The summed E-state index contributed by atoms with van der Waals surface area (Å²) in [5.74, 6) is 0. The summed E-state index contributed by atoms with van der Waals surface area (Å²) in [6.45, 7) is 4.60. The fraction of sp³-hybridized carbons (Fsp3) is 0.261. The minimum atomic E-state index is -0.104. The molecule has 0 aliphatic heterocycles. The van der Waals surface area contributed by atoms with Gasteiger partial charge in [0.15, 0.2) is 0 Å². The maximum Gasteiger partial charge on any atom is 4.00 e. The van der Waals surface area contributed by atoms with E-state index >= 15 is 0 Å². The monoisotopic (exact) mass is 454 g/mol. The van der Waals surface area contributed by atoms with Crippen molar-refractivity contribution >= 4 is 0 Å². The summed E-state index contributed by atoms with van der Waals surface area (Å²) in [4.78, 5) is 0. The van der Waals surface area contributed by atoms with Crippen molar-refractivity contribution in [1.82, 2.24) is 0 Å². The molecule has 0 saturated carbocycles. The first-order valence-electron chi connectivity index (χ1n) is 8.62. The van der Waals surface area contributed by atoms with Gasteiger partial charge >= 0.3 is 21.7 Å². The fourth-order valence-corrected chi connectivity index (χ4v) is 3.38. The van der Waals surface area contributed by atoms with Crippen LogP contribution in [-0.4, -0.2) is 0 Å². The van der Waals surface area contributed by atoms with E-state index in [9.17, 15) is 0 Å². The Bertz CT molecular complexity index is 699. The molecule has 0 aromatic heterocycles. The van der Waals surface area contributed by atoms with Crippen molar-refractivity contribution in [3.05, 3.63) is 101 Å². The fourth-order valence-electron chi connectivity index (χ4n) is 3.38. The van der Waals surface area contributed by atoms with Gasteiger partial charge in [-0.3, -0.25) is 0 Å². The molecule has 0 aliphatic carbocycles. The van der Waals surface area contributed by atoms with E-state index in [0.717, 1.165) is 0 Å². The molecule has 0 nitrogen and oxygen atoms in total. The average molecular weight is 456 g/mol. The molecule has 3 aromatic rings. The number of halogens is 3. The normalized spacial score (nSPS) is 9.85. The Hall–Kier alpha value is -0.626. The SMILES string of the molecule is CCCCc1cc[c-](C(C)(c2ccccc2)c2ccccc2)c1.[Cl-].[Cl-].[Cl-].[Ti+4]. The van der Waals surface area contributed by atoms with Gasteiger partial charge in [0.1, 0.15) is 0 Å². The van der Waals surface area contributed by atoms with Crippen LogP contribution in [0.5, 0.6) is 0 Å². The van der Waals surface area contributed by atoms with E-state index < -0.39 is 0 Å². The molecule has 4 heteroatoms. The molecule has 0 spiro atoms. The van der Waals surface area contributed by atoms with Crippen molar-refractivity contribution in [1.29, 1.82) is 0 Å². The van der Waals surface area contributed by atoms with Crippen molar-refractivity contribution in [2.45, 2.75) is 38.5 Å². The molecule has 0 aliphatic rings. The number of unbranched alkanes of at least 4 members (excludes halogenated alkanes) is 1. The van der Waals surface area contributed by atoms with Gasteiger partial charge in [-0.25, -0.2) is 6.07 Å². The molecule has 3 aromatic carbocycles. The van der Waals surface area contributed by atoms with Gasteiger partial charge in [0.05, 0.1) is 0 Å². The van der Waals surface area contributed by atoms with Crippen LogP contribution in [0, 0.1) is 0 Å². The standard InChI is InChI=1S/C23H25.3ClH.Ti/c1-3-4-11-19-16-17-22(18-19)23(2,20-12-7-5-8-13-20)21-14-9-6-10-15-21;;;;/h5-10,12-18H,3-4,11H2,1-2H3;3*1H;/q-1;;;;+4/p-3. The maximum atomic E-state index is 2.40. The minimum Gasteiger partial charge on any atom is -1.00 e. The summed E-state index contributed by atoms with van der Waals surface area (Å²) in [5.41, 5.74) is 5.44. The molecule has 142 valence electrons. The molecule has 0 fully saturated rings. The van der Waals surface area contributed by atoms with Crippen LogP contribution in [0.25, 0.3) is 0 Å². The molecule has 0 atom stereocenters. The van der Waals surface area contributed by atoms with Crippen LogP contribution < -0.4 is 37.2 Å². The van der Waals surface area contributed by atoms with Gasteiger partial charge < -0.3 is 37.2 Å². The Labute approximate surface area is 197 Å². The van der Waals surface area contributed by atoms with E-state index in [4.69, 9.17) is 0 Å². The van der Waals surface area contributed by atoms with Gasteiger partial charge in [0, 0.05) is 0 Å². The molecule has 0 saturated heterocycles. The molecular weight excluding hydrogens is 430 g/mol. The third kappa shape index (κ3) is 6.45. The van der Waals surface area contributed by atoms with Crippen molar-refractivity contribution < 1.29 is 58.9 Å². The number of rotatable bonds is 6. The Morgan fingerprint density at radius 2 is 1.26 bits per heavy atom. The Kier molecular flexibility index (Phi) is 14.3. The second-order valence-electron chi connectivity index (χ2n) is 6.47. The zero-order chi connectivity index (χ0) is 16.1. The molecule has 0 N–H and O–H groups in total. The van der Waals surface area contributed by atoms with E-state index in [1.807, 2.05) is 0 Å². The number of hydrogen-bond donors (Lipinski definition) is 0. The van der Waals surface area contributed by atoms with Gasteiger partial charge in [-0.15, -0.1) is 5.56 Å². The van der Waals surface area contributed by atoms with E-state index in [0.29, 0.717) is 0 Å². The summed E-state index contributed by atoms with van der Waals surface area (Å²) in [7, 11) is 0. The van der Waals surface area contributed by atoms with Gasteiger partial charge in [0.25, 0.3) is 0 Å². The van der Waals surface area contributed by atoms with Gasteiger partial charge in [-0.05, 0) is 16.5 Å². The smallest absolute Gasteiger partial charge is 1.00 e. The maximum absolute atomic E-state index is 2.40. The third-order valence-corrected chi connectivity index (χ3v) is 4.92. The largest absolute Gasteiger partial charge is 4.00 e. The average Bonchev–Trinajstić information content (AvgIpc) is 3.10. The molecule has 0 unspecified atom stereocenters. The summed E-state index contributed by atoms with van der Waals surface area (Å²) < 4.78 is 0. The predicted molar refractivity (Wildman–Crippen MR) is 99.1 cm³/mol. The third-order valence-electron chi connectivity index (χ3n) is 4.92. The van der Waals surface area contributed by atoms with Crippen LogP contribution >= 0.6 is 0 Å². The zero-order valence-electron chi connectivity index (χ0n) is 15.8. The quantitative estimate of drug-likeness (QED) is 0.277. The van der Waals surface area contributed by atoms with Crippen molar-refractivity contribution in [3.63, 3.8) is 0 Å². The molecule has 0 radical (unpaired) electrons. The first kappa shape index (κ1) is 28.6. The van der Waals surface area contributed by atoms with Crippen LogP contribution in [-0.2, 0) is 33.6 Å². The zero-order valence-corrected chi connectivity index (χ0v) is 19.6. The molecule has 0 heterocycles. The van der Waals surface area contributed by atoms with Gasteiger partial charge in [-0.1, -0.05) is 93.8 Å². The van der Waals surface area contributed by atoms with Crippen LogP contribution in [0.2, 0.25) is 0 Å². The minimum absolute atomic E-state index is 0. The van der Waals surface area contributed by atoms with Crippen LogP contribution in [0.15, 0.2) is 78.9 Å². The van der Waals surface area contributed by atoms with Gasteiger partial charge in [0.2, 0.25) is 0 Å². The Balaban J connectivity index is 0. The van der Waals surface area contributed by atoms with Crippen LogP contribution in [0.1, 0.15) is 48.9 Å². The van der Waals surface area contributed by atoms with E-state index in [-0.39, 0.29) is 64.4 Å². The topological polar surface area (TPSA) is 0 Å². The van der Waals surface area contributed by atoms with E-state index in [1.165, 1.54) is 41.5 Å². The first-order valence-corrected chi connectivity index (χ1v) is 8.62. The number of benzene rings is 2. The number of aryl methyl sites for hydroxylation is 1. The van der Waals surface area contributed by atoms with E-state index in [1.54, 1.807) is 0 Å². The molecule has 3 rings (SSSR count). The molecular formula is C23H25Cl3Ti. The van der Waals surface area contributed by atoms with E-state index in [2.05, 4.69) is 92.7 Å². The number of hydrogen-bond acceptors (Lipinski definition) is 0. The molecule has 27 heavy (non-hydrogen) atoms. The summed E-state index contributed by atoms with van der Waals surface area (Å²) in [6, 6.07) is 28.7. The second kappa shape index (κ2) is 13.5. The van der Waals surface area contributed by atoms with Gasteiger partial charge in [-0.2, -0.15) is 17.7 Å². The Morgan fingerprint density at radius 1 is 0.778 bits per heavy atom. The summed E-state index contributed by atoms with van der Waals surface area (Å²) in [6.07, 6.45) is 3.68. The van der Waals surface area contributed by atoms with Crippen molar-refractivity contribution in [2.24, 2.45) is 0 Å². The predicted octanol–water partition coefficient (Wildman–Crippen LogP) is -2.89. The van der Waals surface area contributed by atoms with Crippen molar-refractivity contribution in [2.75, 3.05) is 0 Å². The Morgan fingerprint density at radius 3 is 1.70 bits per heavy atom.